The van der Waals surface area contributed by atoms with Gasteiger partial charge in [0.1, 0.15) is 18.3 Å². The van der Waals surface area contributed by atoms with Gasteiger partial charge in [-0.15, -0.1) is 0 Å². The quantitative estimate of drug-likeness (QED) is 0.189. The highest BCUT2D eigenvalue weighted by atomic mass is 35.5. The number of rotatable bonds is 12. The van der Waals surface area contributed by atoms with Crippen LogP contribution in [0, 0.1) is 6.92 Å². The molecule has 0 saturated heterocycles. The van der Waals surface area contributed by atoms with Crippen LogP contribution in [-0.2, 0) is 32.6 Å². The minimum atomic E-state index is -4.23. The molecule has 4 rings (SSSR count). The summed E-state index contributed by atoms with van der Waals surface area (Å²) >= 11 is 6.45. The Labute approximate surface area is 277 Å². The van der Waals surface area contributed by atoms with Gasteiger partial charge in [0.2, 0.25) is 11.8 Å². The van der Waals surface area contributed by atoms with Gasteiger partial charge >= 0.3 is 0 Å². The number of amides is 2. The molecule has 0 unspecified atom stereocenters. The monoisotopic (exact) mass is 661 g/mol. The normalized spacial score (nSPS) is 12.2. The van der Waals surface area contributed by atoms with Gasteiger partial charge in [0.15, 0.2) is 0 Å². The maximum Gasteiger partial charge on any atom is 0.264 e. The van der Waals surface area contributed by atoms with Gasteiger partial charge in [0.05, 0.1) is 17.7 Å². The van der Waals surface area contributed by atoms with Crippen LogP contribution in [0.5, 0.6) is 5.75 Å². The SMILES string of the molecule is COc1cccc(CN(C(=O)CN(c2cccc(Cl)c2C)S(=O)(=O)c2ccccc2)[C@@H](Cc2ccccc2)C(=O)NC(C)(C)C)c1. The molecule has 0 radical (unpaired) electrons. The van der Waals surface area contributed by atoms with E-state index in [0.717, 1.165) is 9.87 Å². The number of ether oxygens (including phenoxy) is 1. The van der Waals surface area contributed by atoms with Crippen LogP contribution in [0.15, 0.2) is 108 Å². The fourth-order valence-corrected chi connectivity index (χ4v) is 6.74. The van der Waals surface area contributed by atoms with E-state index in [9.17, 15) is 18.0 Å². The highest BCUT2D eigenvalue weighted by Crippen LogP contribution is 2.31. The second-order valence-corrected chi connectivity index (χ2v) is 14.3. The number of nitrogens with zero attached hydrogens (tertiary/aromatic N) is 2. The van der Waals surface area contributed by atoms with Crippen molar-refractivity contribution in [1.29, 1.82) is 0 Å². The second kappa shape index (κ2) is 14.8. The fraction of sp³-hybridized carbons (Fsp3) is 0.278. The van der Waals surface area contributed by atoms with Crippen LogP contribution >= 0.6 is 11.6 Å². The number of carbonyl (C=O) groups is 2. The third-order valence-electron chi connectivity index (χ3n) is 7.37. The maximum atomic E-state index is 14.6. The Bertz CT molecular complexity index is 1760. The molecule has 0 bridgehead atoms. The van der Waals surface area contributed by atoms with Crippen LogP contribution in [0.25, 0.3) is 0 Å². The van der Waals surface area contributed by atoms with E-state index in [1.165, 1.54) is 17.0 Å². The summed E-state index contributed by atoms with van der Waals surface area (Å²) in [6.07, 6.45) is 0.208. The van der Waals surface area contributed by atoms with Gasteiger partial charge in [-0.2, -0.15) is 0 Å². The lowest BCUT2D eigenvalue weighted by Gasteiger charge is -2.35. The molecule has 10 heteroatoms. The summed E-state index contributed by atoms with van der Waals surface area (Å²) in [6.45, 7) is 6.77. The molecule has 1 atom stereocenters. The molecule has 8 nitrogen and oxygen atoms in total. The van der Waals surface area contributed by atoms with Gasteiger partial charge in [-0.3, -0.25) is 13.9 Å². The van der Waals surface area contributed by atoms with Crippen LogP contribution in [0.3, 0.4) is 0 Å². The molecule has 0 saturated carbocycles. The van der Waals surface area contributed by atoms with Gasteiger partial charge in [-0.05, 0) is 80.8 Å². The smallest absolute Gasteiger partial charge is 0.264 e. The van der Waals surface area contributed by atoms with E-state index in [0.29, 0.717) is 21.9 Å². The predicted molar refractivity (Wildman–Crippen MR) is 183 cm³/mol. The lowest BCUT2D eigenvalue weighted by Crippen LogP contribution is -2.56. The maximum absolute atomic E-state index is 14.6. The number of hydrogen-bond acceptors (Lipinski definition) is 5. The van der Waals surface area contributed by atoms with Gasteiger partial charge in [0.25, 0.3) is 10.0 Å². The van der Waals surface area contributed by atoms with E-state index in [4.69, 9.17) is 16.3 Å². The molecule has 4 aromatic rings. The van der Waals surface area contributed by atoms with Crippen molar-refractivity contribution in [2.45, 2.75) is 57.1 Å². The third-order valence-corrected chi connectivity index (χ3v) is 9.56. The Hall–Kier alpha value is -4.34. The zero-order chi connectivity index (χ0) is 33.5. The Morgan fingerprint density at radius 2 is 1.48 bits per heavy atom. The van der Waals surface area contributed by atoms with Crippen molar-refractivity contribution in [3.63, 3.8) is 0 Å². The molecule has 0 fully saturated rings. The minimum absolute atomic E-state index is 0.0211. The number of sulfonamides is 1. The molecule has 242 valence electrons. The van der Waals surface area contributed by atoms with Crippen molar-refractivity contribution in [2.75, 3.05) is 18.0 Å². The van der Waals surface area contributed by atoms with Crippen molar-refractivity contribution >= 4 is 39.1 Å². The highest BCUT2D eigenvalue weighted by Gasteiger charge is 2.36. The zero-order valence-electron chi connectivity index (χ0n) is 26.7. The summed E-state index contributed by atoms with van der Waals surface area (Å²) in [4.78, 5) is 30.1. The largest absolute Gasteiger partial charge is 0.497 e. The molecular formula is C36H40ClN3O5S. The molecule has 1 N–H and O–H groups in total. The summed E-state index contributed by atoms with van der Waals surface area (Å²) in [5.41, 5.74) is 1.74. The average molecular weight is 662 g/mol. The Morgan fingerprint density at radius 3 is 2.11 bits per heavy atom. The van der Waals surface area contributed by atoms with Gasteiger partial charge in [0, 0.05) is 23.5 Å². The minimum Gasteiger partial charge on any atom is -0.497 e. The molecular weight excluding hydrogens is 622 g/mol. The lowest BCUT2D eigenvalue weighted by molar-refractivity contribution is -0.140. The summed E-state index contributed by atoms with van der Waals surface area (Å²) in [5, 5.41) is 3.39. The van der Waals surface area contributed by atoms with E-state index in [1.54, 1.807) is 68.6 Å². The first-order valence-electron chi connectivity index (χ1n) is 14.9. The molecule has 0 heterocycles. The van der Waals surface area contributed by atoms with Crippen molar-refractivity contribution in [2.24, 2.45) is 0 Å². The first-order valence-corrected chi connectivity index (χ1v) is 16.7. The number of anilines is 1. The topological polar surface area (TPSA) is 96.0 Å². The summed E-state index contributed by atoms with van der Waals surface area (Å²) in [7, 11) is -2.68. The van der Waals surface area contributed by atoms with Crippen LogP contribution in [0.4, 0.5) is 5.69 Å². The fourth-order valence-electron chi connectivity index (χ4n) is 5.07. The number of halogens is 1. The third kappa shape index (κ3) is 8.68. The van der Waals surface area contributed by atoms with Gasteiger partial charge in [-0.1, -0.05) is 78.3 Å². The molecule has 2 amide bonds. The van der Waals surface area contributed by atoms with E-state index < -0.39 is 34.1 Å². The zero-order valence-corrected chi connectivity index (χ0v) is 28.3. The van der Waals surface area contributed by atoms with Crippen LogP contribution in [0.1, 0.15) is 37.5 Å². The molecule has 0 aliphatic carbocycles. The van der Waals surface area contributed by atoms with Crippen molar-refractivity contribution in [3.8, 4) is 5.75 Å². The Balaban J connectivity index is 1.85. The van der Waals surface area contributed by atoms with E-state index in [1.807, 2.05) is 57.2 Å². The number of methoxy groups -OCH3 is 1. The molecule has 0 aromatic heterocycles. The van der Waals surface area contributed by atoms with E-state index in [2.05, 4.69) is 5.32 Å². The first-order chi connectivity index (χ1) is 21.8. The van der Waals surface area contributed by atoms with Crippen LogP contribution < -0.4 is 14.4 Å². The van der Waals surface area contributed by atoms with Crippen LogP contribution in [0.2, 0.25) is 5.02 Å². The lowest BCUT2D eigenvalue weighted by atomic mass is 10.0. The van der Waals surface area contributed by atoms with Crippen molar-refractivity contribution < 1.29 is 22.7 Å². The van der Waals surface area contributed by atoms with E-state index in [-0.39, 0.29) is 29.5 Å². The molecule has 0 aliphatic heterocycles. The summed E-state index contributed by atoms with van der Waals surface area (Å²) in [6, 6.07) is 28.5. The Morgan fingerprint density at radius 1 is 0.870 bits per heavy atom. The number of hydrogen-bond donors (Lipinski definition) is 1. The molecule has 0 spiro atoms. The predicted octanol–water partition coefficient (Wildman–Crippen LogP) is 6.41. The summed E-state index contributed by atoms with van der Waals surface area (Å²) < 4.78 is 34.9. The molecule has 4 aromatic carbocycles. The number of benzene rings is 4. The van der Waals surface area contributed by atoms with Gasteiger partial charge in [-0.25, -0.2) is 8.42 Å². The first kappa shape index (κ1) is 34.5. The molecule has 46 heavy (non-hydrogen) atoms. The van der Waals surface area contributed by atoms with Crippen molar-refractivity contribution in [3.05, 3.63) is 125 Å². The van der Waals surface area contributed by atoms with Gasteiger partial charge < -0.3 is 15.0 Å². The van der Waals surface area contributed by atoms with Crippen molar-refractivity contribution in [1.82, 2.24) is 10.2 Å². The molecule has 0 aliphatic rings. The standard InChI is InChI=1S/C36H40ClN3O5S/c1-26-31(37)20-13-21-32(26)40(46(43,44)30-18-10-7-11-19-30)25-34(41)39(24-28-16-12-17-29(22-28)45-5)33(35(42)38-36(2,3)4)23-27-14-8-6-9-15-27/h6-22,33H,23-25H2,1-5H3,(H,38,42)/t33-/m0/s1. The second-order valence-electron chi connectivity index (χ2n) is 12.0. The average Bonchev–Trinajstić information content (AvgIpc) is 3.03. The highest BCUT2D eigenvalue weighted by molar-refractivity contribution is 7.92. The van der Waals surface area contributed by atoms with Crippen LogP contribution in [-0.4, -0.2) is 50.4 Å². The number of carbonyl (C=O) groups excluding carboxylic acids is 2. The summed E-state index contributed by atoms with van der Waals surface area (Å²) in [5.74, 6) is -0.331. The number of nitrogens with one attached hydrogen (secondary N) is 1. The van der Waals surface area contributed by atoms with E-state index >= 15 is 0 Å². The Kier molecular flexibility index (Phi) is 11.1.